The van der Waals surface area contributed by atoms with Crippen LogP contribution in [0.2, 0.25) is 0 Å². The number of benzene rings is 2. The van der Waals surface area contributed by atoms with Gasteiger partial charge in [-0.3, -0.25) is 10.1 Å². The van der Waals surface area contributed by atoms with Crippen LogP contribution in [0.1, 0.15) is 25.5 Å². The molecule has 2 N–H and O–H groups in total. The van der Waals surface area contributed by atoms with Gasteiger partial charge >= 0.3 is 0 Å². The molecule has 2 rings (SSSR count). The minimum Gasteiger partial charge on any atom is -0.494 e. The smallest absolute Gasteiger partial charge is 0.271 e. The molecule has 0 fully saturated rings. The van der Waals surface area contributed by atoms with Crippen molar-refractivity contribution in [2.45, 2.75) is 19.9 Å². The Bertz CT molecular complexity index is 719. The molecule has 1 atom stereocenters. The predicted molar refractivity (Wildman–Crippen MR) is 98.5 cm³/mol. The summed E-state index contributed by atoms with van der Waals surface area (Å²) < 4.78 is 5.42. The van der Waals surface area contributed by atoms with Crippen LogP contribution in [0.4, 0.5) is 11.4 Å². The molecule has 0 heterocycles. The highest BCUT2D eigenvalue weighted by molar-refractivity contribution is 7.80. The van der Waals surface area contributed by atoms with Crippen LogP contribution in [0.15, 0.2) is 48.5 Å². The third kappa shape index (κ3) is 4.92. The van der Waals surface area contributed by atoms with Crippen molar-refractivity contribution >= 4 is 28.7 Å². The molecule has 7 heteroatoms. The number of hydrogen-bond donors (Lipinski definition) is 2. The molecule has 2 aromatic rings. The van der Waals surface area contributed by atoms with Crippen LogP contribution in [-0.4, -0.2) is 16.6 Å². The predicted octanol–water partition coefficient (Wildman–Crippen LogP) is 4.04. The van der Waals surface area contributed by atoms with E-state index in [1.54, 1.807) is 12.1 Å². The maximum absolute atomic E-state index is 10.8. The summed E-state index contributed by atoms with van der Waals surface area (Å²) in [5.74, 6) is 0.825. The Balaban J connectivity index is 1.96. The molecule has 1 unspecified atom stereocenters. The standard InChI is InChI=1S/C17H19N3O3S/c1-3-23-16-9-7-13(8-10-16)12(2)18-17(24)19-14-5-4-6-15(11-14)20(21)22/h4-12H,3H2,1-2H3,(H2,18,19,24). The molecule has 0 radical (unpaired) electrons. The number of nitrogens with one attached hydrogen (secondary N) is 2. The lowest BCUT2D eigenvalue weighted by molar-refractivity contribution is -0.384. The second kappa shape index (κ2) is 8.26. The Hall–Kier alpha value is -2.67. The van der Waals surface area contributed by atoms with Crippen molar-refractivity contribution in [2.24, 2.45) is 0 Å². The number of thiocarbonyl (C=S) groups is 1. The molecular weight excluding hydrogens is 326 g/mol. The van der Waals surface area contributed by atoms with E-state index in [0.717, 1.165) is 11.3 Å². The van der Waals surface area contributed by atoms with Crippen molar-refractivity contribution in [1.82, 2.24) is 5.32 Å². The van der Waals surface area contributed by atoms with Crippen LogP contribution in [0.25, 0.3) is 0 Å². The summed E-state index contributed by atoms with van der Waals surface area (Å²) in [4.78, 5) is 10.4. The van der Waals surface area contributed by atoms with Gasteiger partial charge in [0, 0.05) is 17.8 Å². The lowest BCUT2D eigenvalue weighted by atomic mass is 10.1. The minimum atomic E-state index is -0.440. The Morgan fingerprint density at radius 3 is 2.62 bits per heavy atom. The van der Waals surface area contributed by atoms with Crippen LogP contribution < -0.4 is 15.4 Å². The largest absolute Gasteiger partial charge is 0.494 e. The van der Waals surface area contributed by atoms with Gasteiger partial charge in [-0.1, -0.05) is 18.2 Å². The van der Waals surface area contributed by atoms with Gasteiger partial charge in [-0.2, -0.15) is 0 Å². The molecule has 0 saturated carbocycles. The number of anilines is 1. The van der Waals surface area contributed by atoms with Gasteiger partial charge < -0.3 is 15.4 Å². The van der Waals surface area contributed by atoms with E-state index in [1.807, 2.05) is 38.1 Å². The van der Waals surface area contributed by atoms with E-state index in [1.165, 1.54) is 12.1 Å². The van der Waals surface area contributed by atoms with Crippen LogP contribution in [0, 0.1) is 10.1 Å². The minimum absolute atomic E-state index is 0.0145. The first-order chi connectivity index (χ1) is 11.5. The van der Waals surface area contributed by atoms with Crippen molar-refractivity contribution < 1.29 is 9.66 Å². The molecule has 6 nitrogen and oxygen atoms in total. The van der Waals surface area contributed by atoms with Crippen molar-refractivity contribution in [2.75, 3.05) is 11.9 Å². The van der Waals surface area contributed by atoms with Gasteiger partial charge in [-0.25, -0.2) is 0 Å². The summed E-state index contributed by atoms with van der Waals surface area (Å²) in [6.45, 7) is 4.55. The highest BCUT2D eigenvalue weighted by atomic mass is 32.1. The van der Waals surface area contributed by atoms with Gasteiger partial charge in [-0.15, -0.1) is 0 Å². The van der Waals surface area contributed by atoms with Crippen LogP contribution in [-0.2, 0) is 0 Å². The van der Waals surface area contributed by atoms with E-state index in [-0.39, 0.29) is 11.7 Å². The zero-order valence-electron chi connectivity index (χ0n) is 13.5. The molecule has 0 spiro atoms. The van der Waals surface area contributed by atoms with Crippen LogP contribution in [0.5, 0.6) is 5.75 Å². The van der Waals surface area contributed by atoms with Gasteiger partial charge in [0.2, 0.25) is 0 Å². The third-order valence-corrected chi connectivity index (χ3v) is 3.57. The summed E-state index contributed by atoms with van der Waals surface area (Å²) in [5, 5.41) is 17.3. The van der Waals surface area contributed by atoms with Crippen LogP contribution >= 0.6 is 12.2 Å². The Morgan fingerprint density at radius 2 is 2.00 bits per heavy atom. The number of non-ortho nitro benzene ring substituents is 1. The van der Waals surface area contributed by atoms with Gasteiger partial charge in [0.05, 0.1) is 17.6 Å². The maximum Gasteiger partial charge on any atom is 0.271 e. The summed E-state index contributed by atoms with van der Waals surface area (Å²) in [6, 6.07) is 14.0. The molecule has 0 aliphatic heterocycles. The molecule has 0 aliphatic rings. The molecular formula is C17H19N3O3S. The number of nitro benzene ring substituents is 1. The summed E-state index contributed by atoms with van der Waals surface area (Å²) >= 11 is 5.27. The number of nitrogens with zero attached hydrogens (tertiary/aromatic N) is 1. The zero-order chi connectivity index (χ0) is 17.5. The summed E-state index contributed by atoms with van der Waals surface area (Å²) in [7, 11) is 0. The summed E-state index contributed by atoms with van der Waals surface area (Å²) in [5.41, 5.74) is 1.64. The first-order valence-corrected chi connectivity index (χ1v) is 7.95. The fourth-order valence-corrected chi connectivity index (χ4v) is 2.46. The molecule has 0 amide bonds. The van der Waals surface area contributed by atoms with E-state index in [0.29, 0.717) is 17.4 Å². The average Bonchev–Trinajstić information content (AvgIpc) is 2.55. The quantitative estimate of drug-likeness (QED) is 0.467. The van der Waals surface area contributed by atoms with E-state index in [2.05, 4.69) is 10.6 Å². The van der Waals surface area contributed by atoms with Crippen molar-refractivity contribution in [3.63, 3.8) is 0 Å². The fourth-order valence-electron chi connectivity index (χ4n) is 2.16. The monoisotopic (exact) mass is 345 g/mol. The topological polar surface area (TPSA) is 76.4 Å². The third-order valence-electron chi connectivity index (χ3n) is 3.35. The van der Waals surface area contributed by atoms with E-state index >= 15 is 0 Å². The number of hydrogen-bond acceptors (Lipinski definition) is 4. The highest BCUT2D eigenvalue weighted by Crippen LogP contribution is 2.19. The normalized spacial score (nSPS) is 11.4. The second-order valence-corrected chi connectivity index (χ2v) is 5.54. The lowest BCUT2D eigenvalue weighted by Crippen LogP contribution is -2.30. The number of ether oxygens (including phenoxy) is 1. The van der Waals surface area contributed by atoms with Crippen molar-refractivity contribution in [3.8, 4) is 5.75 Å². The molecule has 0 aromatic heterocycles. The Kier molecular flexibility index (Phi) is 6.08. The first-order valence-electron chi connectivity index (χ1n) is 7.54. The van der Waals surface area contributed by atoms with E-state index < -0.39 is 4.92 Å². The molecule has 126 valence electrons. The fraction of sp³-hybridized carbons (Fsp3) is 0.235. The molecule has 0 aliphatic carbocycles. The first kappa shape index (κ1) is 17.7. The lowest BCUT2D eigenvalue weighted by Gasteiger charge is -2.17. The van der Waals surface area contributed by atoms with Gasteiger partial charge in [0.15, 0.2) is 5.11 Å². The molecule has 24 heavy (non-hydrogen) atoms. The average molecular weight is 345 g/mol. The Morgan fingerprint density at radius 1 is 1.29 bits per heavy atom. The highest BCUT2D eigenvalue weighted by Gasteiger charge is 2.09. The Labute approximate surface area is 146 Å². The van der Waals surface area contributed by atoms with Crippen molar-refractivity contribution in [3.05, 3.63) is 64.2 Å². The van der Waals surface area contributed by atoms with Crippen LogP contribution in [0.3, 0.4) is 0 Å². The zero-order valence-corrected chi connectivity index (χ0v) is 14.3. The second-order valence-electron chi connectivity index (χ2n) is 5.13. The maximum atomic E-state index is 10.8. The number of nitro groups is 1. The summed E-state index contributed by atoms with van der Waals surface area (Å²) in [6.07, 6.45) is 0. The van der Waals surface area contributed by atoms with Gasteiger partial charge in [-0.05, 0) is 49.8 Å². The molecule has 0 bridgehead atoms. The van der Waals surface area contributed by atoms with E-state index in [4.69, 9.17) is 17.0 Å². The van der Waals surface area contributed by atoms with Crippen molar-refractivity contribution in [1.29, 1.82) is 0 Å². The number of rotatable bonds is 6. The molecule has 2 aromatic carbocycles. The van der Waals surface area contributed by atoms with Gasteiger partial charge in [0.25, 0.3) is 5.69 Å². The SMILES string of the molecule is CCOc1ccc(C(C)NC(=S)Nc2cccc([N+](=O)[O-])c2)cc1. The van der Waals surface area contributed by atoms with Gasteiger partial charge in [0.1, 0.15) is 5.75 Å². The molecule has 0 saturated heterocycles. The van der Waals surface area contributed by atoms with E-state index in [9.17, 15) is 10.1 Å².